The molecule has 11 heteroatoms. The van der Waals surface area contributed by atoms with Gasteiger partial charge < -0.3 is 4.90 Å². The number of carbonyl (C=O) groups is 1. The normalized spacial score (nSPS) is 13.7. The van der Waals surface area contributed by atoms with Crippen molar-refractivity contribution in [1.82, 2.24) is 19.6 Å². The molecule has 1 aromatic heterocycles. The molecule has 9 nitrogen and oxygen atoms in total. The van der Waals surface area contributed by atoms with Crippen LogP contribution in [0.4, 0.5) is 10.6 Å². The van der Waals surface area contributed by atoms with Crippen LogP contribution < -0.4 is 15.2 Å². The second-order valence-electron chi connectivity index (χ2n) is 5.40. The van der Waals surface area contributed by atoms with Crippen molar-refractivity contribution in [2.24, 2.45) is 5.14 Å². The first-order valence-electron chi connectivity index (χ1n) is 7.06. The smallest absolute Gasteiger partial charge is 0.323 e. The molecule has 0 bridgehead atoms. The summed E-state index contributed by atoms with van der Waals surface area (Å²) in [6.45, 7) is 0.466. The number of fused-ring (bicyclic) bond motifs is 1. The molecular formula is C14H17ClN6O3S. The number of halogens is 1. The van der Waals surface area contributed by atoms with Crippen molar-refractivity contribution >= 4 is 34.5 Å². The van der Waals surface area contributed by atoms with Gasteiger partial charge in [0.05, 0.1) is 12.2 Å². The molecule has 0 aliphatic carbocycles. The summed E-state index contributed by atoms with van der Waals surface area (Å²) in [5, 5.41) is 7.65. The molecule has 2 heterocycles. The summed E-state index contributed by atoms with van der Waals surface area (Å²) >= 11 is 0. The average Bonchev–Trinajstić information content (AvgIpc) is 2.53. The zero-order valence-electron chi connectivity index (χ0n) is 13.3. The van der Waals surface area contributed by atoms with Gasteiger partial charge in [-0.2, -0.15) is 13.1 Å². The second kappa shape index (κ2) is 7.31. The molecule has 4 N–H and O–H groups in total. The van der Waals surface area contributed by atoms with E-state index in [4.69, 9.17) is 5.14 Å². The summed E-state index contributed by atoms with van der Waals surface area (Å²) in [4.78, 5) is 21.7. The van der Waals surface area contributed by atoms with Gasteiger partial charge in [0, 0.05) is 24.7 Å². The van der Waals surface area contributed by atoms with E-state index in [1.807, 2.05) is 12.1 Å². The average molecular weight is 385 g/mol. The number of aromatic nitrogens is 2. The lowest BCUT2D eigenvalue weighted by molar-refractivity contribution is 0.218. The molecule has 0 unspecified atom stereocenters. The van der Waals surface area contributed by atoms with Gasteiger partial charge in [-0.05, 0) is 11.6 Å². The molecule has 134 valence electrons. The van der Waals surface area contributed by atoms with E-state index in [-0.39, 0.29) is 25.0 Å². The monoisotopic (exact) mass is 384 g/mol. The molecule has 0 saturated carbocycles. The van der Waals surface area contributed by atoms with Crippen LogP contribution in [0.25, 0.3) is 11.3 Å². The number of hydrogen-bond acceptors (Lipinski definition) is 5. The summed E-state index contributed by atoms with van der Waals surface area (Å²) in [5.41, 5.74) is 3.02. The number of anilines is 1. The number of urea groups is 1. The van der Waals surface area contributed by atoms with Crippen LogP contribution in [0.1, 0.15) is 11.1 Å². The minimum absolute atomic E-state index is 0. The fourth-order valence-corrected chi connectivity index (χ4v) is 2.80. The van der Waals surface area contributed by atoms with Gasteiger partial charge in [0.25, 0.3) is 10.2 Å². The van der Waals surface area contributed by atoms with Gasteiger partial charge in [-0.15, -0.1) is 12.4 Å². The highest BCUT2D eigenvalue weighted by molar-refractivity contribution is 7.87. The molecular weight excluding hydrogens is 368 g/mol. The highest BCUT2D eigenvalue weighted by Gasteiger charge is 2.24. The van der Waals surface area contributed by atoms with Gasteiger partial charge in [0.15, 0.2) is 0 Å². The third-order valence-electron chi connectivity index (χ3n) is 3.59. The molecule has 1 aliphatic heterocycles. The van der Waals surface area contributed by atoms with Crippen LogP contribution >= 0.6 is 12.4 Å². The van der Waals surface area contributed by atoms with Crippen LogP contribution in [0.5, 0.6) is 0 Å². The first kappa shape index (κ1) is 19.1. The highest BCUT2D eigenvalue weighted by atomic mass is 35.5. The zero-order valence-corrected chi connectivity index (χ0v) is 14.9. The van der Waals surface area contributed by atoms with Crippen LogP contribution in [-0.2, 0) is 23.3 Å². The first-order chi connectivity index (χ1) is 11.3. The van der Waals surface area contributed by atoms with Crippen LogP contribution in [0.15, 0.2) is 30.6 Å². The second-order valence-corrected chi connectivity index (χ2v) is 6.78. The SMILES string of the molecule is CN1Cc2c(ncnc2-c2cccc(CNS(N)(=O)=O)c2)NC1=O.Cl. The molecule has 0 fully saturated rings. The Labute approximate surface area is 151 Å². The Kier molecular flexibility index (Phi) is 5.58. The van der Waals surface area contributed by atoms with Crippen LogP contribution in [0, 0.1) is 0 Å². The molecule has 0 radical (unpaired) electrons. The molecule has 3 rings (SSSR count). The Balaban J connectivity index is 0.00000225. The molecule has 25 heavy (non-hydrogen) atoms. The maximum absolute atomic E-state index is 11.7. The lowest BCUT2D eigenvalue weighted by Crippen LogP contribution is -2.36. The van der Waals surface area contributed by atoms with Gasteiger partial charge in [-0.3, -0.25) is 5.32 Å². The van der Waals surface area contributed by atoms with Gasteiger partial charge in [0.2, 0.25) is 0 Å². The van der Waals surface area contributed by atoms with E-state index in [1.54, 1.807) is 19.2 Å². The van der Waals surface area contributed by atoms with E-state index < -0.39 is 10.2 Å². The minimum Gasteiger partial charge on any atom is -0.323 e. The molecule has 0 saturated heterocycles. The summed E-state index contributed by atoms with van der Waals surface area (Å²) < 4.78 is 24.3. The van der Waals surface area contributed by atoms with Gasteiger partial charge in [-0.25, -0.2) is 19.9 Å². The summed E-state index contributed by atoms with van der Waals surface area (Å²) in [6, 6.07) is 7.04. The van der Waals surface area contributed by atoms with Crippen molar-refractivity contribution in [3.8, 4) is 11.3 Å². The Morgan fingerprint density at radius 1 is 1.36 bits per heavy atom. The van der Waals surface area contributed by atoms with E-state index in [9.17, 15) is 13.2 Å². The molecule has 1 aliphatic rings. The van der Waals surface area contributed by atoms with Gasteiger partial charge >= 0.3 is 6.03 Å². The Morgan fingerprint density at radius 3 is 2.84 bits per heavy atom. The maximum atomic E-state index is 11.7. The number of nitrogens with two attached hydrogens (primary N) is 1. The van der Waals surface area contributed by atoms with Crippen molar-refractivity contribution < 1.29 is 13.2 Å². The number of nitrogens with one attached hydrogen (secondary N) is 2. The zero-order chi connectivity index (χ0) is 17.3. The Bertz CT molecular complexity index is 905. The van der Waals surface area contributed by atoms with Crippen LogP contribution in [-0.4, -0.2) is 36.4 Å². The van der Waals surface area contributed by atoms with Gasteiger partial charge in [-0.1, -0.05) is 18.2 Å². The van der Waals surface area contributed by atoms with Crippen molar-refractivity contribution in [2.45, 2.75) is 13.1 Å². The maximum Gasteiger partial charge on any atom is 0.323 e. The summed E-state index contributed by atoms with van der Waals surface area (Å²) in [7, 11) is -2.08. The van der Waals surface area contributed by atoms with E-state index in [2.05, 4.69) is 20.0 Å². The first-order valence-corrected chi connectivity index (χ1v) is 8.61. The molecule has 0 atom stereocenters. The number of rotatable bonds is 4. The fraction of sp³-hybridized carbons (Fsp3) is 0.214. The fourth-order valence-electron chi connectivity index (χ4n) is 2.44. The van der Waals surface area contributed by atoms with Crippen LogP contribution in [0.3, 0.4) is 0 Å². The van der Waals surface area contributed by atoms with Crippen molar-refractivity contribution in [1.29, 1.82) is 0 Å². The minimum atomic E-state index is -3.76. The van der Waals surface area contributed by atoms with E-state index in [1.165, 1.54) is 11.2 Å². The lowest BCUT2D eigenvalue weighted by atomic mass is 10.0. The van der Waals surface area contributed by atoms with E-state index >= 15 is 0 Å². The predicted molar refractivity (Wildman–Crippen MR) is 95.1 cm³/mol. The standard InChI is InChI=1S/C14H16N6O3S.ClH/c1-20-7-11-12(16-8-17-13(11)19-14(20)21)10-4-2-3-9(5-10)6-18-24(15,22)23;/h2-5,8,18H,6-7H2,1H3,(H2,15,22,23)(H,16,17,19,21);1H. The highest BCUT2D eigenvalue weighted by Crippen LogP contribution is 2.29. The Hall–Kier alpha value is -2.27. The lowest BCUT2D eigenvalue weighted by Gasteiger charge is -2.26. The molecule has 2 aromatic rings. The number of benzene rings is 1. The predicted octanol–water partition coefficient (Wildman–Crippen LogP) is 0.836. The molecule has 0 spiro atoms. The van der Waals surface area contributed by atoms with Gasteiger partial charge in [0.1, 0.15) is 12.1 Å². The number of hydrogen-bond donors (Lipinski definition) is 3. The Morgan fingerprint density at radius 2 is 2.12 bits per heavy atom. The van der Waals surface area contributed by atoms with Crippen molar-refractivity contribution in [3.63, 3.8) is 0 Å². The van der Waals surface area contributed by atoms with Crippen LogP contribution in [0.2, 0.25) is 0 Å². The number of nitrogens with zero attached hydrogens (tertiary/aromatic N) is 3. The largest absolute Gasteiger partial charge is 0.323 e. The van der Waals surface area contributed by atoms with E-state index in [0.717, 1.165) is 16.7 Å². The topological polar surface area (TPSA) is 130 Å². The van der Waals surface area contributed by atoms with Crippen molar-refractivity contribution in [3.05, 3.63) is 41.7 Å². The number of amides is 2. The third kappa shape index (κ3) is 4.42. The van der Waals surface area contributed by atoms with E-state index in [0.29, 0.717) is 18.1 Å². The quantitative estimate of drug-likeness (QED) is 0.718. The third-order valence-corrected chi connectivity index (χ3v) is 4.14. The summed E-state index contributed by atoms with van der Waals surface area (Å²) in [5.74, 6) is 0.483. The molecule has 2 amide bonds. The number of carbonyl (C=O) groups excluding carboxylic acids is 1. The summed E-state index contributed by atoms with van der Waals surface area (Å²) in [6.07, 6.45) is 1.38. The molecule has 1 aromatic carbocycles. The van der Waals surface area contributed by atoms with Crippen molar-refractivity contribution in [2.75, 3.05) is 12.4 Å².